The molecule has 2 aromatic carbocycles. The molecule has 0 spiro atoms. The molecule has 0 heterocycles. The number of ether oxygens (including phenoxy) is 1. The smallest absolute Gasteiger partial charge is 0.352 e. The minimum atomic E-state index is -1.24. The first kappa shape index (κ1) is 18.0. The van der Waals surface area contributed by atoms with E-state index in [9.17, 15) is 14.7 Å². The number of rotatable bonds is 7. The number of aliphatic carboxylic acids is 1. The van der Waals surface area contributed by atoms with E-state index < -0.39 is 11.9 Å². The predicted octanol–water partition coefficient (Wildman–Crippen LogP) is 3.50. The fourth-order valence-corrected chi connectivity index (χ4v) is 2.02. The van der Waals surface area contributed by atoms with E-state index in [1.807, 2.05) is 6.92 Å². The topological polar surface area (TPSA) is 75.6 Å². The maximum Gasteiger partial charge on any atom is 0.352 e. The summed E-state index contributed by atoms with van der Waals surface area (Å²) in [5.41, 5.74) is 1.53. The molecule has 0 aromatic heterocycles. The van der Waals surface area contributed by atoms with Gasteiger partial charge >= 0.3 is 5.97 Å². The van der Waals surface area contributed by atoms with Crippen LogP contribution >= 0.6 is 0 Å². The zero-order valence-corrected chi connectivity index (χ0v) is 13.9. The first-order valence-corrected chi connectivity index (χ1v) is 7.65. The van der Waals surface area contributed by atoms with Crippen LogP contribution < -0.4 is 10.1 Å². The Morgan fingerprint density at radius 1 is 1.12 bits per heavy atom. The van der Waals surface area contributed by atoms with E-state index in [2.05, 4.69) is 11.9 Å². The van der Waals surface area contributed by atoms with Gasteiger partial charge in [-0.05, 0) is 36.8 Å². The molecule has 0 aliphatic carbocycles. The Morgan fingerprint density at radius 2 is 1.76 bits per heavy atom. The molecule has 0 aliphatic heterocycles. The average molecular weight is 337 g/mol. The Morgan fingerprint density at radius 3 is 2.40 bits per heavy atom. The SMILES string of the molecule is C=C(C)COc1ccccc1C=C(NC(=O)c1ccccc1)C(=O)O. The highest BCUT2D eigenvalue weighted by molar-refractivity contribution is 6.02. The summed E-state index contributed by atoms with van der Waals surface area (Å²) in [5.74, 6) is -1.22. The fraction of sp³-hybridized carbons (Fsp3) is 0.100. The molecule has 0 fully saturated rings. The molecule has 5 heteroatoms. The summed E-state index contributed by atoms with van der Waals surface area (Å²) in [5, 5.41) is 11.8. The number of para-hydroxylation sites is 1. The Balaban J connectivity index is 2.27. The molecule has 0 bridgehead atoms. The van der Waals surface area contributed by atoms with Gasteiger partial charge in [0, 0.05) is 11.1 Å². The van der Waals surface area contributed by atoms with Crippen molar-refractivity contribution in [3.63, 3.8) is 0 Å². The lowest BCUT2D eigenvalue weighted by Crippen LogP contribution is -2.27. The highest BCUT2D eigenvalue weighted by Gasteiger charge is 2.14. The van der Waals surface area contributed by atoms with Crippen molar-refractivity contribution in [3.05, 3.63) is 83.6 Å². The van der Waals surface area contributed by atoms with Crippen molar-refractivity contribution in [2.24, 2.45) is 0 Å². The van der Waals surface area contributed by atoms with Crippen LogP contribution in [0.3, 0.4) is 0 Å². The highest BCUT2D eigenvalue weighted by atomic mass is 16.5. The van der Waals surface area contributed by atoms with Crippen LogP contribution in [0.15, 0.2) is 72.4 Å². The van der Waals surface area contributed by atoms with E-state index in [1.54, 1.807) is 54.6 Å². The molecule has 1 amide bonds. The largest absolute Gasteiger partial charge is 0.489 e. The van der Waals surface area contributed by atoms with E-state index in [1.165, 1.54) is 6.08 Å². The summed E-state index contributed by atoms with van der Waals surface area (Å²) in [6, 6.07) is 15.4. The Labute approximate surface area is 146 Å². The second kappa shape index (κ2) is 8.49. The van der Waals surface area contributed by atoms with Crippen molar-refractivity contribution in [2.45, 2.75) is 6.92 Å². The first-order valence-electron chi connectivity index (χ1n) is 7.65. The molecule has 2 aromatic rings. The average Bonchev–Trinajstić information content (AvgIpc) is 2.60. The number of hydrogen-bond donors (Lipinski definition) is 2. The number of carbonyl (C=O) groups excluding carboxylic acids is 1. The number of carboxylic acid groups (broad SMARTS) is 1. The number of nitrogens with one attached hydrogen (secondary N) is 1. The monoisotopic (exact) mass is 337 g/mol. The van der Waals surface area contributed by atoms with Crippen LogP contribution in [0.1, 0.15) is 22.8 Å². The molecule has 0 saturated carbocycles. The third-order valence-electron chi connectivity index (χ3n) is 3.21. The van der Waals surface area contributed by atoms with E-state index in [0.29, 0.717) is 23.5 Å². The number of carbonyl (C=O) groups is 2. The molecule has 0 aliphatic rings. The molecular weight excluding hydrogens is 318 g/mol. The Bertz CT molecular complexity index is 809. The van der Waals surface area contributed by atoms with Crippen LogP contribution in [0.5, 0.6) is 5.75 Å². The second-order valence-electron chi connectivity index (χ2n) is 5.47. The van der Waals surface area contributed by atoms with Gasteiger partial charge in [-0.2, -0.15) is 0 Å². The summed E-state index contributed by atoms with van der Waals surface area (Å²) in [4.78, 5) is 23.7. The zero-order chi connectivity index (χ0) is 18.2. The lowest BCUT2D eigenvalue weighted by Gasteiger charge is -2.10. The molecule has 0 radical (unpaired) electrons. The molecule has 0 saturated heterocycles. The maximum absolute atomic E-state index is 12.2. The first-order chi connectivity index (χ1) is 12.0. The van der Waals surface area contributed by atoms with Crippen LogP contribution in [0.25, 0.3) is 6.08 Å². The van der Waals surface area contributed by atoms with Crippen molar-refractivity contribution in [1.82, 2.24) is 5.32 Å². The number of carboxylic acids is 1. The molecule has 0 atom stereocenters. The van der Waals surface area contributed by atoms with E-state index >= 15 is 0 Å². The third kappa shape index (κ3) is 5.35. The third-order valence-corrected chi connectivity index (χ3v) is 3.21. The van der Waals surface area contributed by atoms with Gasteiger partial charge in [0.1, 0.15) is 18.1 Å². The molecule has 2 rings (SSSR count). The van der Waals surface area contributed by atoms with Gasteiger partial charge in [-0.3, -0.25) is 4.79 Å². The van der Waals surface area contributed by atoms with Gasteiger partial charge in [-0.15, -0.1) is 0 Å². The van der Waals surface area contributed by atoms with Crippen molar-refractivity contribution in [3.8, 4) is 5.75 Å². The zero-order valence-electron chi connectivity index (χ0n) is 13.9. The van der Waals surface area contributed by atoms with Crippen LogP contribution in [0, 0.1) is 0 Å². The van der Waals surface area contributed by atoms with E-state index in [0.717, 1.165) is 5.57 Å². The molecule has 128 valence electrons. The highest BCUT2D eigenvalue weighted by Crippen LogP contribution is 2.21. The molecule has 25 heavy (non-hydrogen) atoms. The quantitative estimate of drug-likeness (QED) is 0.599. The predicted molar refractivity (Wildman–Crippen MR) is 96.3 cm³/mol. The van der Waals surface area contributed by atoms with Crippen molar-refractivity contribution in [1.29, 1.82) is 0 Å². The number of hydrogen-bond acceptors (Lipinski definition) is 3. The van der Waals surface area contributed by atoms with Crippen LogP contribution in [-0.2, 0) is 4.79 Å². The molecule has 2 N–H and O–H groups in total. The second-order valence-corrected chi connectivity index (χ2v) is 5.47. The lowest BCUT2D eigenvalue weighted by atomic mass is 10.1. The lowest BCUT2D eigenvalue weighted by molar-refractivity contribution is -0.132. The van der Waals surface area contributed by atoms with Crippen LogP contribution in [-0.4, -0.2) is 23.6 Å². The molecule has 5 nitrogen and oxygen atoms in total. The summed E-state index contributed by atoms with van der Waals surface area (Å²) < 4.78 is 5.62. The summed E-state index contributed by atoms with van der Waals surface area (Å²) in [6.45, 7) is 5.93. The normalized spacial score (nSPS) is 10.8. The van der Waals surface area contributed by atoms with Gasteiger partial charge < -0.3 is 15.2 Å². The van der Waals surface area contributed by atoms with Crippen molar-refractivity contribution < 1.29 is 19.4 Å². The number of benzene rings is 2. The van der Waals surface area contributed by atoms with Gasteiger partial charge in [0.05, 0.1) is 0 Å². The Kier molecular flexibility index (Phi) is 6.12. The van der Waals surface area contributed by atoms with Gasteiger partial charge in [-0.1, -0.05) is 43.0 Å². The minimum Gasteiger partial charge on any atom is -0.489 e. The van der Waals surface area contributed by atoms with Crippen molar-refractivity contribution >= 4 is 18.0 Å². The Hall–Kier alpha value is -3.34. The van der Waals surface area contributed by atoms with E-state index in [-0.39, 0.29) is 5.70 Å². The van der Waals surface area contributed by atoms with Crippen LogP contribution in [0.4, 0.5) is 0 Å². The number of amides is 1. The van der Waals surface area contributed by atoms with Crippen LogP contribution in [0.2, 0.25) is 0 Å². The fourth-order valence-electron chi connectivity index (χ4n) is 2.02. The molecule has 0 unspecified atom stereocenters. The summed E-state index contributed by atoms with van der Waals surface area (Å²) in [6.07, 6.45) is 1.37. The van der Waals surface area contributed by atoms with Gasteiger partial charge in [0.15, 0.2) is 0 Å². The minimum absolute atomic E-state index is 0.236. The van der Waals surface area contributed by atoms with Gasteiger partial charge in [-0.25, -0.2) is 4.79 Å². The van der Waals surface area contributed by atoms with Gasteiger partial charge in [0.2, 0.25) is 0 Å². The van der Waals surface area contributed by atoms with E-state index in [4.69, 9.17) is 4.74 Å². The summed E-state index contributed by atoms with van der Waals surface area (Å²) >= 11 is 0. The maximum atomic E-state index is 12.2. The van der Waals surface area contributed by atoms with Crippen molar-refractivity contribution in [2.75, 3.05) is 6.61 Å². The standard InChI is InChI=1S/C20H19NO4/c1-14(2)13-25-18-11-7-6-10-16(18)12-17(20(23)24)21-19(22)15-8-4-3-5-9-15/h3-12H,1,13H2,2H3,(H,21,22)(H,23,24). The summed E-state index contributed by atoms with van der Waals surface area (Å²) in [7, 11) is 0. The molecular formula is C20H19NO4. The van der Waals surface area contributed by atoms with Gasteiger partial charge in [0.25, 0.3) is 5.91 Å².